The molecule has 0 aliphatic carbocycles. The Morgan fingerprint density at radius 1 is 1.33 bits per heavy atom. The van der Waals surface area contributed by atoms with E-state index in [-0.39, 0.29) is 23.7 Å². The molecule has 116 valence electrons. The number of halogens is 1. The Morgan fingerprint density at radius 2 is 1.95 bits per heavy atom. The van der Waals surface area contributed by atoms with Crippen molar-refractivity contribution in [1.82, 2.24) is 4.31 Å². The van der Waals surface area contributed by atoms with Crippen LogP contribution in [-0.4, -0.2) is 43.1 Å². The number of morpholine rings is 1. The van der Waals surface area contributed by atoms with Crippen LogP contribution in [0.3, 0.4) is 0 Å². The van der Waals surface area contributed by atoms with E-state index < -0.39 is 10.0 Å². The lowest BCUT2D eigenvalue weighted by atomic mass is 10.1. The molecule has 2 heterocycles. The first-order chi connectivity index (χ1) is 9.91. The molecule has 2 unspecified atom stereocenters. The maximum absolute atomic E-state index is 12.9. The zero-order valence-corrected chi connectivity index (χ0v) is 13.3. The Balaban J connectivity index is 2.00. The molecule has 3 rings (SSSR count). The van der Waals surface area contributed by atoms with E-state index in [0.717, 1.165) is 12.8 Å². The van der Waals surface area contributed by atoms with Crippen molar-refractivity contribution in [3.8, 4) is 0 Å². The van der Waals surface area contributed by atoms with Gasteiger partial charge in [0, 0.05) is 18.1 Å². The van der Waals surface area contributed by atoms with Gasteiger partial charge >= 0.3 is 0 Å². The van der Waals surface area contributed by atoms with Gasteiger partial charge in [0.15, 0.2) is 0 Å². The first-order valence-electron chi connectivity index (χ1n) is 6.97. The van der Waals surface area contributed by atoms with E-state index in [0.29, 0.717) is 29.2 Å². The molecular formula is C14H18ClNO4S. The normalized spacial score (nSPS) is 26.2. The summed E-state index contributed by atoms with van der Waals surface area (Å²) in [5.41, 5.74) is 1.10. The van der Waals surface area contributed by atoms with Gasteiger partial charge in [-0.05, 0) is 43.0 Å². The van der Waals surface area contributed by atoms with Gasteiger partial charge in [0.05, 0.1) is 23.7 Å². The van der Waals surface area contributed by atoms with Crippen molar-refractivity contribution in [3.05, 3.63) is 28.3 Å². The topological polar surface area (TPSA) is 66.8 Å². The predicted octanol–water partition coefficient (Wildman–Crippen LogP) is 1.69. The van der Waals surface area contributed by atoms with Crippen molar-refractivity contribution in [2.24, 2.45) is 0 Å². The molecule has 2 aliphatic rings. The van der Waals surface area contributed by atoms with Crippen molar-refractivity contribution >= 4 is 21.6 Å². The van der Waals surface area contributed by atoms with Crippen LogP contribution in [-0.2, 0) is 21.4 Å². The molecule has 2 fully saturated rings. The van der Waals surface area contributed by atoms with Crippen molar-refractivity contribution < 1.29 is 18.3 Å². The van der Waals surface area contributed by atoms with Gasteiger partial charge in [-0.15, -0.1) is 0 Å². The zero-order valence-electron chi connectivity index (χ0n) is 11.8. The first kappa shape index (κ1) is 15.2. The van der Waals surface area contributed by atoms with Gasteiger partial charge in [-0.1, -0.05) is 11.6 Å². The SMILES string of the molecule is Cc1c(CO)cc(Cl)cc1S(=O)(=O)N1CC2CCC(C1)O2. The van der Waals surface area contributed by atoms with Gasteiger partial charge < -0.3 is 9.84 Å². The summed E-state index contributed by atoms with van der Waals surface area (Å²) in [4.78, 5) is 0.181. The second-order valence-electron chi connectivity index (χ2n) is 5.63. The highest BCUT2D eigenvalue weighted by Crippen LogP contribution is 2.32. The van der Waals surface area contributed by atoms with E-state index in [4.69, 9.17) is 16.3 Å². The highest BCUT2D eigenvalue weighted by atomic mass is 35.5. The smallest absolute Gasteiger partial charge is 0.243 e. The van der Waals surface area contributed by atoms with Gasteiger partial charge in [0.25, 0.3) is 0 Å². The van der Waals surface area contributed by atoms with E-state index in [1.807, 2.05) is 0 Å². The molecule has 2 atom stereocenters. The van der Waals surface area contributed by atoms with E-state index >= 15 is 0 Å². The summed E-state index contributed by atoms with van der Waals surface area (Å²) < 4.78 is 32.9. The van der Waals surface area contributed by atoms with Gasteiger partial charge in [0.1, 0.15) is 0 Å². The second kappa shape index (κ2) is 5.52. The number of fused-ring (bicyclic) bond motifs is 2. The third-order valence-electron chi connectivity index (χ3n) is 4.23. The Labute approximate surface area is 129 Å². The molecule has 0 saturated carbocycles. The Hall–Kier alpha value is -0.660. The lowest BCUT2D eigenvalue weighted by Gasteiger charge is -2.31. The minimum atomic E-state index is -3.62. The van der Waals surface area contributed by atoms with E-state index in [1.165, 1.54) is 10.4 Å². The van der Waals surface area contributed by atoms with Crippen LogP contribution in [0.25, 0.3) is 0 Å². The van der Waals surface area contributed by atoms with Crippen molar-refractivity contribution in [2.45, 2.75) is 43.5 Å². The Bertz CT molecular complexity index is 649. The molecule has 21 heavy (non-hydrogen) atoms. The highest BCUT2D eigenvalue weighted by molar-refractivity contribution is 7.89. The molecule has 1 N–H and O–H groups in total. The molecule has 0 spiro atoms. The summed E-state index contributed by atoms with van der Waals surface area (Å²) in [5.74, 6) is 0. The molecule has 0 radical (unpaired) electrons. The van der Waals surface area contributed by atoms with Crippen LogP contribution < -0.4 is 0 Å². The predicted molar refractivity (Wildman–Crippen MR) is 78.8 cm³/mol. The first-order valence-corrected chi connectivity index (χ1v) is 8.79. The number of benzene rings is 1. The molecule has 0 aromatic heterocycles. The van der Waals surface area contributed by atoms with Crippen LogP contribution in [0.5, 0.6) is 0 Å². The van der Waals surface area contributed by atoms with Crippen molar-refractivity contribution in [1.29, 1.82) is 0 Å². The number of nitrogens with zero attached hydrogens (tertiary/aromatic N) is 1. The maximum atomic E-state index is 12.9. The lowest BCUT2D eigenvalue weighted by Crippen LogP contribution is -2.45. The molecule has 5 nitrogen and oxygen atoms in total. The molecule has 2 aliphatic heterocycles. The molecular weight excluding hydrogens is 314 g/mol. The van der Waals surface area contributed by atoms with Crippen LogP contribution in [0, 0.1) is 6.92 Å². The fourth-order valence-corrected chi connectivity index (χ4v) is 5.16. The van der Waals surface area contributed by atoms with Gasteiger partial charge in [-0.3, -0.25) is 0 Å². The van der Waals surface area contributed by atoms with Gasteiger partial charge in [0.2, 0.25) is 10.0 Å². The average Bonchev–Trinajstić information content (AvgIpc) is 2.79. The fourth-order valence-electron chi connectivity index (χ4n) is 3.05. The quantitative estimate of drug-likeness (QED) is 0.915. The van der Waals surface area contributed by atoms with Crippen molar-refractivity contribution in [2.75, 3.05) is 13.1 Å². The Morgan fingerprint density at radius 3 is 2.52 bits per heavy atom. The van der Waals surface area contributed by atoms with Crippen LogP contribution >= 0.6 is 11.6 Å². The molecule has 0 amide bonds. The van der Waals surface area contributed by atoms with Crippen LogP contribution in [0.15, 0.2) is 17.0 Å². The van der Waals surface area contributed by atoms with Gasteiger partial charge in [-0.25, -0.2) is 8.42 Å². The number of ether oxygens (including phenoxy) is 1. The summed E-state index contributed by atoms with van der Waals surface area (Å²) in [5, 5.41) is 9.67. The van der Waals surface area contributed by atoms with E-state index in [1.54, 1.807) is 13.0 Å². The number of rotatable bonds is 3. The number of sulfonamides is 1. The summed E-state index contributed by atoms with van der Waals surface area (Å²) >= 11 is 6.00. The summed E-state index contributed by atoms with van der Waals surface area (Å²) in [6.45, 7) is 2.24. The third kappa shape index (κ3) is 2.71. The third-order valence-corrected chi connectivity index (χ3v) is 6.41. The Kier molecular flexibility index (Phi) is 4.00. The molecule has 2 saturated heterocycles. The average molecular weight is 332 g/mol. The van der Waals surface area contributed by atoms with Crippen LogP contribution in [0.2, 0.25) is 5.02 Å². The maximum Gasteiger partial charge on any atom is 0.243 e. The van der Waals surface area contributed by atoms with Crippen LogP contribution in [0.4, 0.5) is 0 Å². The number of hydrogen-bond acceptors (Lipinski definition) is 4. The zero-order chi connectivity index (χ0) is 15.2. The number of aliphatic hydroxyl groups is 1. The van der Waals surface area contributed by atoms with Gasteiger partial charge in [-0.2, -0.15) is 4.31 Å². The van der Waals surface area contributed by atoms with Crippen molar-refractivity contribution in [3.63, 3.8) is 0 Å². The van der Waals surface area contributed by atoms with E-state index in [2.05, 4.69) is 0 Å². The minimum absolute atomic E-state index is 0.00433. The monoisotopic (exact) mass is 331 g/mol. The molecule has 2 bridgehead atoms. The summed E-state index contributed by atoms with van der Waals surface area (Å²) in [6, 6.07) is 3.06. The lowest BCUT2D eigenvalue weighted by molar-refractivity contribution is -0.0114. The van der Waals surface area contributed by atoms with Crippen LogP contribution in [0.1, 0.15) is 24.0 Å². The highest BCUT2D eigenvalue weighted by Gasteiger charge is 2.40. The summed E-state index contributed by atoms with van der Waals surface area (Å²) in [6.07, 6.45) is 1.81. The number of hydrogen-bond donors (Lipinski definition) is 1. The van der Waals surface area contributed by atoms with E-state index in [9.17, 15) is 13.5 Å². The standard InChI is InChI=1S/C14H18ClNO4S/c1-9-10(8-17)4-11(15)5-14(9)21(18,19)16-6-12-2-3-13(7-16)20-12/h4-5,12-13,17H,2-3,6-8H2,1H3. The minimum Gasteiger partial charge on any atom is -0.392 e. The summed E-state index contributed by atoms with van der Waals surface area (Å²) in [7, 11) is -3.62. The second-order valence-corrected chi connectivity index (χ2v) is 7.97. The molecule has 7 heteroatoms. The molecule has 1 aromatic carbocycles. The number of aliphatic hydroxyl groups excluding tert-OH is 1. The molecule has 1 aromatic rings. The largest absolute Gasteiger partial charge is 0.392 e. The fraction of sp³-hybridized carbons (Fsp3) is 0.571.